The molecule has 0 unspecified atom stereocenters. The number of H-pyrrole nitrogens is 1. The summed E-state index contributed by atoms with van der Waals surface area (Å²) < 4.78 is 24.2. The van der Waals surface area contributed by atoms with Crippen molar-refractivity contribution in [2.75, 3.05) is 13.7 Å². The van der Waals surface area contributed by atoms with Gasteiger partial charge in [-0.3, -0.25) is 4.79 Å². The van der Waals surface area contributed by atoms with Crippen LogP contribution in [0.5, 0.6) is 0 Å². The molecule has 2 saturated heterocycles. The number of aromatic amines is 1. The minimum Gasteiger partial charge on any atom is -0.460 e. The van der Waals surface area contributed by atoms with Gasteiger partial charge in [0.2, 0.25) is 0 Å². The van der Waals surface area contributed by atoms with E-state index >= 15 is 0 Å². The van der Waals surface area contributed by atoms with Gasteiger partial charge in [-0.15, -0.1) is 0 Å². The Balaban J connectivity index is 1.46. The highest BCUT2D eigenvalue weighted by Gasteiger charge is 2.72. The second-order valence-electron chi connectivity index (χ2n) is 10.4. The number of epoxide rings is 2. The highest BCUT2D eigenvalue weighted by atomic mass is 16.6. The van der Waals surface area contributed by atoms with Crippen molar-refractivity contribution < 1.29 is 23.7 Å². The Bertz CT molecular complexity index is 831. The Labute approximate surface area is 190 Å². The maximum absolute atomic E-state index is 13.0. The first-order valence-corrected chi connectivity index (χ1v) is 11.7. The molecule has 7 atom stereocenters. The van der Waals surface area contributed by atoms with Crippen molar-refractivity contribution in [3.8, 4) is 0 Å². The predicted molar refractivity (Wildman–Crippen MR) is 118 cm³/mol. The van der Waals surface area contributed by atoms with Crippen LogP contribution in [0.25, 0.3) is 0 Å². The standard InChI is InChI=1S/C24H37N3O5/c1-14(2)7-8-19-23(5,32-19)22-21(29-6)18(9-10-24(22)13-30-24)31-20(28)11-16(15(3)4)17-12-25-27-26-17/h7,12,15-16,18-19,21-22H,8-11,13H2,1-6H3,(H,25,26,27)/t16-,18+,19+,21+,22+,23-,24-/m0/s1. The molecule has 1 N–H and O–H groups in total. The number of carbonyl (C=O) groups is 1. The molecule has 0 amide bonds. The molecule has 3 fully saturated rings. The largest absolute Gasteiger partial charge is 0.460 e. The first-order chi connectivity index (χ1) is 15.2. The van der Waals surface area contributed by atoms with Crippen LogP contribution in [0.4, 0.5) is 0 Å². The highest BCUT2D eigenvalue weighted by Crippen LogP contribution is 2.59. The van der Waals surface area contributed by atoms with Crippen molar-refractivity contribution in [2.24, 2.45) is 11.8 Å². The predicted octanol–water partition coefficient (Wildman–Crippen LogP) is 3.55. The summed E-state index contributed by atoms with van der Waals surface area (Å²) >= 11 is 0. The number of carbonyl (C=O) groups excluding carboxylic acids is 1. The second kappa shape index (κ2) is 8.88. The van der Waals surface area contributed by atoms with E-state index in [-0.39, 0.29) is 59.7 Å². The van der Waals surface area contributed by atoms with Crippen molar-refractivity contribution in [3.63, 3.8) is 0 Å². The maximum atomic E-state index is 13.0. The number of rotatable bonds is 9. The normalized spacial score (nSPS) is 36.7. The molecule has 0 bridgehead atoms. The number of hydrogen-bond donors (Lipinski definition) is 1. The zero-order valence-corrected chi connectivity index (χ0v) is 20.1. The van der Waals surface area contributed by atoms with Gasteiger partial charge in [0.1, 0.15) is 23.4 Å². The Hall–Kier alpha value is -1.77. The van der Waals surface area contributed by atoms with Crippen molar-refractivity contribution in [2.45, 2.75) is 95.7 Å². The number of esters is 1. The summed E-state index contributed by atoms with van der Waals surface area (Å²) in [5.41, 5.74) is 1.51. The third-order valence-electron chi connectivity index (χ3n) is 7.52. The lowest BCUT2D eigenvalue weighted by Gasteiger charge is -2.42. The zero-order chi connectivity index (χ0) is 23.1. The number of allylic oxidation sites excluding steroid dienone is 1. The van der Waals surface area contributed by atoms with E-state index in [2.05, 4.69) is 56.1 Å². The van der Waals surface area contributed by atoms with E-state index in [4.69, 9.17) is 18.9 Å². The highest BCUT2D eigenvalue weighted by molar-refractivity contribution is 5.70. The summed E-state index contributed by atoms with van der Waals surface area (Å²) in [6.45, 7) is 11.2. The number of aromatic nitrogens is 3. The van der Waals surface area contributed by atoms with Gasteiger partial charge in [0.05, 0.1) is 36.9 Å². The molecule has 1 saturated carbocycles. The molecule has 1 spiro atoms. The molecular formula is C24H37N3O5. The monoisotopic (exact) mass is 447 g/mol. The lowest BCUT2D eigenvalue weighted by molar-refractivity contribution is -0.172. The van der Waals surface area contributed by atoms with Crippen molar-refractivity contribution >= 4 is 5.97 Å². The van der Waals surface area contributed by atoms with Crippen molar-refractivity contribution in [1.29, 1.82) is 0 Å². The van der Waals surface area contributed by atoms with Crippen LogP contribution in [0.3, 0.4) is 0 Å². The van der Waals surface area contributed by atoms with Gasteiger partial charge < -0.3 is 18.9 Å². The quantitative estimate of drug-likeness (QED) is 0.351. The fourth-order valence-corrected chi connectivity index (χ4v) is 5.54. The van der Waals surface area contributed by atoms with Gasteiger partial charge in [0.15, 0.2) is 0 Å². The molecule has 0 radical (unpaired) electrons. The van der Waals surface area contributed by atoms with Gasteiger partial charge >= 0.3 is 5.97 Å². The molecule has 4 rings (SSSR count). The van der Waals surface area contributed by atoms with Gasteiger partial charge in [0.25, 0.3) is 0 Å². The Morgan fingerprint density at radius 3 is 2.72 bits per heavy atom. The molecule has 1 aromatic heterocycles. The third-order valence-corrected chi connectivity index (χ3v) is 7.52. The smallest absolute Gasteiger partial charge is 0.306 e. The SMILES string of the molecule is CO[C@@H]1[C@H](OC(=O)C[C@H](c2cn[nH]n2)C(C)C)CC[C@]2(CO2)[C@H]1[C@@]1(C)O[C@@H]1CC=C(C)C. The lowest BCUT2D eigenvalue weighted by atomic mass is 9.68. The average molecular weight is 448 g/mol. The number of ether oxygens (including phenoxy) is 4. The molecule has 178 valence electrons. The Morgan fingerprint density at radius 2 is 2.16 bits per heavy atom. The summed E-state index contributed by atoms with van der Waals surface area (Å²) in [6.07, 6.45) is 6.16. The zero-order valence-electron chi connectivity index (χ0n) is 20.1. The average Bonchev–Trinajstić information content (AvgIpc) is 3.57. The summed E-state index contributed by atoms with van der Waals surface area (Å²) in [7, 11) is 1.70. The Morgan fingerprint density at radius 1 is 1.41 bits per heavy atom. The molecule has 8 heteroatoms. The van der Waals surface area contributed by atoms with Gasteiger partial charge in [-0.25, -0.2) is 0 Å². The van der Waals surface area contributed by atoms with Crippen LogP contribution in [0.15, 0.2) is 17.8 Å². The minimum atomic E-state index is -0.338. The van der Waals surface area contributed by atoms with E-state index in [1.807, 2.05) is 0 Å². The first-order valence-electron chi connectivity index (χ1n) is 11.7. The number of methoxy groups -OCH3 is 1. The van der Waals surface area contributed by atoms with E-state index in [1.165, 1.54) is 5.57 Å². The topological polar surface area (TPSA) is 102 Å². The van der Waals surface area contributed by atoms with Crippen LogP contribution in [0, 0.1) is 11.8 Å². The van der Waals surface area contributed by atoms with Crippen LogP contribution in [-0.2, 0) is 23.7 Å². The third kappa shape index (κ3) is 4.50. The molecule has 1 aliphatic carbocycles. The molecule has 0 aromatic carbocycles. The van der Waals surface area contributed by atoms with E-state index < -0.39 is 0 Å². The van der Waals surface area contributed by atoms with Crippen LogP contribution in [0.2, 0.25) is 0 Å². The molecule has 1 aromatic rings. The van der Waals surface area contributed by atoms with Gasteiger partial charge in [-0.2, -0.15) is 15.4 Å². The van der Waals surface area contributed by atoms with Gasteiger partial charge in [0, 0.05) is 13.0 Å². The number of nitrogens with one attached hydrogen (secondary N) is 1. The molecule has 8 nitrogen and oxygen atoms in total. The van der Waals surface area contributed by atoms with Crippen LogP contribution >= 0.6 is 0 Å². The fraction of sp³-hybridized carbons (Fsp3) is 0.792. The fourth-order valence-electron chi connectivity index (χ4n) is 5.54. The van der Waals surface area contributed by atoms with Gasteiger partial charge in [-0.05, 0) is 46.0 Å². The van der Waals surface area contributed by atoms with Crippen LogP contribution in [-0.4, -0.2) is 64.6 Å². The van der Waals surface area contributed by atoms with Gasteiger partial charge in [-0.1, -0.05) is 25.5 Å². The Kier molecular flexibility index (Phi) is 6.49. The molecule has 3 heterocycles. The minimum absolute atomic E-state index is 0.0264. The van der Waals surface area contributed by atoms with E-state index in [0.29, 0.717) is 6.61 Å². The summed E-state index contributed by atoms with van der Waals surface area (Å²) in [5, 5.41) is 10.7. The summed E-state index contributed by atoms with van der Waals surface area (Å²) in [4.78, 5) is 13.0. The maximum Gasteiger partial charge on any atom is 0.306 e. The first kappa shape index (κ1) is 23.4. The van der Waals surface area contributed by atoms with Crippen LogP contribution < -0.4 is 0 Å². The summed E-state index contributed by atoms with van der Waals surface area (Å²) in [5.74, 6) is -0.00753. The molecule has 32 heavy (non-hydrogen) atoms. The van der Waals surface area contributed by atoms with Crippen molar-refractivity contribution in [1.82, 2.24) is 15.4 Å². The van der Waals surface area contributed by atoms with Crippen LogP contribution in [0.1, 0.15) is 71.9 Å². The lowest BCUT2D eigenvalue weighted by Crippen LogP contribution is -2.55. The second-order valence-corrected chi connectivity index (χ2v) is 10.4. The molecule has 2 aliphatic heterocycles. The molecular weight excluding hydrogens is 410 g/mol. The molecule has 3 aliphatic rings. The number of hydrogen-bond acceptors (Lipinski definition) is 7. The van der Waals surface area contributed by atoms with E-state index in [9.17, 15) is 4.79 Å². The van der Waals surface area contributed by atoms with E-state index in [1.54, 1.807) is 13.3 Å². The summed E-state index contributed by atoms with van der Waals surface area (Å²) in [6, 6.07) is 0. The van der Waals surface area contributed by atoms with Crippen molar-refractivity contribution in [3.05, 3.63) is 23.5 Å². The number of nitrogens with zero attached hydrogens (tertiary/aromatic N) is 2. The van der Waals surface area contributed by atoms with E-state index in [0.717, 1.165) is 25.0 Å².